The number of nitrogens with zero attached hydrogens (tertiary/aromatic N) is 1. The average Bonchev–Trinajstić information content (AvgIpc) is 2.29. The normalized spacial score (nSPS) is 18.4. The van der Waals surface area contributed by atoms with E-state index in [1.54, 1.807) is 14.0 Å². The van der Waals surface area contributed by atoms with Gasteiger partial charge in [0.25, 0.3) is 0 Å². The number of hydrogen-bond donors (Lipinski definition) is 0. The summed E-state index contributed by atoms with van der Waals surface area (Å²) in [5.74, 6) is 0.123. The standard InChI is InChI=1S/C14H18ClNO2/c1-10(17)14(9-16-7-13(8-16)18-2)11-3-5-12(15)6-4-11/h3-6,13-14H,7-9H2,1-2H3. The van der Waals surface area contributed by atoms with Gasteiger partial charge in [-0.3, -0.25) is 9.69 Å². The lowest BCUT2D eigenvalue weighted by atomic mass is 9.93. The van der Waals surface area contributed by atoms with Crippen LogP contribution < -0.4 is 0 Å². The molecule has 1 aliphatic heterocycles. The predicted octanol–water partition coefficient (Wildman–Crippen LogP) is 2.34. The lowest BCUT2D eigenvalue weighted by molar-refractivity contribution is -0.120. The molecule has 0 aliphatic carbocycles. The number of benzene rings is 1. The molecule has 1 aromatic rings. The van der Waals surface area contributed by atoms with Crippen LogP contribution in [0.4, 0.5) is 0 Å². The summed E-state index contributed by atoms with van der Waals surface area (Å²) in [5.41, 5.74) is 1.03. The Kier molecular flexibility index (Phi) is 4.38. The first-order valence-corrected chi connectivity index (χ1v) is 6.49. The molecule has 1 unspecified atom stereocenters. The third-order valence-electron chi connectivity index (χ3n) is 3.46. The Morgan fingerprint density at radius 2 is 2.06 bits per heavy atom. The fraction of sp³-hybridized carbons (Fsp3) is 0.500. The number of methoxy groups -OCH3 is 1. The van der Waals surface area contributed by atoms with Gasteiger partial charge in [0.1, 0.15) is 5.78 Å². The summed E-state index contributed by atoms with van der Waals surface area (Å²) in [6.07, 6.45) is 0.322. The Morgan fingerprint density at radius 3 is 2.56 bits per heavy atom. The summed E-state index contributed by atoms with van der Waals surface area (Å²) < 4.78 is 5.24. The van der Waals surface area contributed by atoms with E-state index in [0.29, 0.717) is 11.1 Å². The van der Waals surface area contributed by atoms with Gasteiger partial charge in [-0.25, -0.2) is 0 Å². The highest BCUT2D eigenvalue weighted by Crippen LogP contribution is 2.23. The SMILES string of the molecule is COC1CN(CC(C(C)=O)c2ccc(Cl)cc2)C1. The van der Waals surface area contributed by atoms with Crippen molar-refractivity contribution in [2.45, 2.75) is 18.9 Å². The summed E-state index contributed by atoms with van der Waals surface area (Å²) in [4.78, 5) is 14.0. The van der Waals surface area contributed by atoms with Crippen molar-refractivity contribution in [3.63, 3.8) is 0 Å². The molecule has 0 spiro atoms. The van der Waals surface area contributed by atoms with Gasteiger partial charge in [0.15, 0.2) is 0 Å². The molecule has 18 heavy (non-hydrogen) atoms. The number of rotatable bonds is 5. The van der Waals surface area contributed by atoms with E-state index in [-0.39, 0.29) is 11.7 Å². The molecule has 1 aliphatic rings. The zero-order chi connectivity index (χ0) is 13.1. The van der Waals surface area contributed by atoms with Crippen LogP contribution in [0.5, 0.6) is 0 Å². The van der Waals surface area contributed by atoms with Crippen LogP contribution in [-0.2, 0) is 9.53 Å². The summed E-state index contributed by atoms with van der Waals surface area (Å²) in [5, 5.41) is 0.699. The van der Waals surface area contributed by atoms with Gasteiger partial charge >= 0.3 is 0 Å². The van der Waals surface area contributed by atoms with Crippen molar-refractivity contribution in [2.75, 3.05) is 26.7 Å². The molecule has 0 N–H and O–H groups in total. The monoisotopic (exact) mass is 267 g/mol. The van der Waals surface area contributed by atoms with Crippen molar-refractivity contribution < 1.29 is 9.53 Å². The number of hydrogen-bond acceptors (Lipinski definition) is 3. The highest BCUT2D eigenvalue weighted by molar-refractivity contribution is 6.30. The number of ketones is 1. The van der Waals surface area contributed by atoms with E-state index < -0.39 is 0 Å². The molecular weight excluding hydrogens is 250 g/mol. The van der Waals surface area contributed by atoms with Crippen LogP contribution in [0.15, 0.2) is 24.3 Å². The van der Waals surface area contributed by atoms with Gasteiger partial charge < -0.3 is 4.74 Å². The maximum atomic E-state index is 11.8. The van der Waals surface area contributed by atoms with Crippen molar-refractivity contribution in [2.24, 2.45) is 0 Å². The zero-order valence-corrected chi connectivity index (χ0v) is 11.5. The fourth-order valence-corrected chi connectivity index (χ4v) is 2.37. The third-order valence-corrected chi connectivity index (χ3v) is 3.71. The van der Waals surface area contributed by atoms with E-state index in [1.165, 1.54) is 0 Å². The zero-order valence-electron chi connectivity index (χ0n) is 10.7. The first-order chi connectivity index (χ1) is 8.60. The fourth-order valence-electron chi connectivity index (χ4n) is 2.24. The van der Waals surface area contributed by atoms with Gasteiger partial charge in [-0.1, -0.05) is 23.7 Å². The Hall–Kier alpha value is -0.900. The maximum absolute atomic E-state index is 11.8. The van der Waals surface area contributed by atoms with Crippen LogP contribution in [0.2, 0.25) is 5.02 Å². The van der Waals surface area contributed by atoms with Gasteiger partial charge in [0.05, 0.1) is 12.0 Å². The average molecular weight is 268 g/mol. The van der Waals surface area contributed by atoms with Crippen LogP contribution in [-0.4, -0.2) is 43.5 Å². The van der Waals surface area contributed by atoms with E-state index in [4.69, 9.17) is 16.3 Å². The third kappa shape index (κ3) is 3.10. The van der Waals surface area contributed by atoms with Gasteiger partial charge in [-0.2, -0.15) is 0 Å². The Balaban J connectivity index is 2.01. The van der Waals surface area contributed by atoms with Crippen molar-refractivity contribution in [3.8, 4) is 0 Å². The van der Waals surface area contributed by atoms with Gasteiger partial charge in [-0.05, 0) is 24.6 Å². The summed E-state index contributed by atoms with van der Waals surface area (Å²) in [6, 6.07) is 7.53. The molecule has 0 amide bonds. The summed E-state index contributed by atoms with van der Waals surface area (Å²) in [6.45, 7) is 4.23. The van der Waals surface area contributed by atoms with Crippen LogP contribution in [0, 0.1) is 0 Å². The van der Waals surface area contributed by atoms with Gasteiger partial charge in [0.2, 0.25) is 0 Å². The molecule has 1 aromatic carbocycles. The molecule has 1 atom stereocenters. The first kappa shape index (κ1) is 13.5. The lowest BCUT2D eigenvalue weighted by Crippen LogP contribution is -2.53. The molecule has 0 aromatic heterocycles. The number of ether oxygens (including phenoxy) is 1. The molecule has 3 nitrogen and oxygen atoms in total. The van der Waals surface area contributed by atoms with Crippen LogP contribution in [0.1, 0.15) is 18.4 Å². The second-order valence-corrected chi connectivity index (χ2v) is 5.23. The van der Waals surface area contributed by atoms with Crippen LogP contribution in [0.25, 0.3) is 0 Å². The Morgan fingerprint density at radius 1 is 1.44 bits per heavy atom. The Labute approximate surface area is 113 Å². The number of Topliss-reactive ketones (excluding diaryl/α,β-unsaturated/α-hetero) is 1. The minimum atomic E-state index is -0.0694. The highest BCUT2D eigenvalue weighted by Gasteiger charge is 2.30. The van der Waals surface area contributed by atoms with E-state index in [9.17, 15) is 4.79 Å². The van der Waals surface area contributed by atoms with Crippen LogP contribution in [0.3, 0.4) is 0 Å². The molecule has 98 valence electrons. The van der Waals surface area contributed by atoms with Crippen molar-refractivity contribution in [1.82, 2.24) is 4.90 Å². The summed E-state index contributed by atoms with van der Waals surface area (Å²) in [7, 11) is 1.73. The Bertz CT molecular complexity index is 412. The van der Waals surface area contributed by atoms with Crippen molar-refractivity contribution >= 4 is 17.4 Å². The minimum Gasteiger partial charge on any atom is -0.379 e. The van der Waals surface area contributed by atoms with E-state index in [0.717, 1.165) is 25.2 Å². The van der Waals surface area contributed by atoms with E-state index in [2.05, 4.69) is 4.90 Å². The van der Waals surface area contributed by atoms with E-state index in [1.807, 2.05) is 24.3 Å². The largest absolute Gasteiger partial charge is 0.379 e. The smallest absolute Gasteiger partial charge is 0.138 e. The number of likely N-dealkylation sites (tertiary alicyclic amines) is 1. The van der Waals surface area contributed by atoms with E-state index >= 15 is 0 Å². The highest BCUT2D eigenvalue weighted by atomic mass is 35.5. The topological polar surface area (TPSA) is 29.5 Å². The summed E-state index contributed by atoms with van der Waals surface area (Å²) >= 11 is 5.87. The quantitative estimate of drug-likeness (QED) is 0.820. The van der Waals surface area contributed by atoms with Crippen molar-refractivity contribution in [1.29, 1.82) is 0 Å². The van der Waals surface area contributed by atoms with Crippen molar-refractivity contribution in [3.05, 3.63) is 34.9 Å². The van der Waals surface area contributed by atoms with Crippen LogP contribution >= 0.6 is 11.6 Å². The molecule has 1 heterocycles. The molecule has 2 rings (SSSR count). The number of carbonyl (C=O) groups is 1. The predicted molar refractivity (Wildman–Crippen MR) is 72.1 cm³/mol. The second-order valence-electron chi connectivity index (χ2n) is 4.79. The molecule has 0 radical (unpaired) electrons. The number of carbonyl (C=O) groups excluding carboxylic acids is 1. The maximum Gasteiger partial charge on any atom is 0.138 e. The molecule has 1 fully saturated rings. The molecular formula is C14H18ClNO2. The number of halogens is 1. The molecule has 4 heteroatoms. The molecule has 1 saturated heterocycles. The molecule has 0 bridgehead atoms. The minimum absolute atomic E-state index is 0.0694. The molecule has 0 saturated carbocycles. The van der Waals surface area contributed by atoms with Gasteiger partial charge in [0, 0.05) is 31.8 Å². The second kappa shape index (κ2) is 5.83. The van der Waals surface area contributed by atoms with Gasteiger partial charge in [-0.15, -0.1) is 0 Å². The lowest BCUT2D eigenvalue weighted by Gasteiger charge is -2.39. The first-order valence-electron chi connectivity index (χ1n) is 6.11.